The van der Waals surface area contributed by atoms with Gasteiger partial charge in [0, 0.05) is 6.54 Å². The molecule has 0 aliphatic carbocycles. The summed E-state index contributed by atoms with van der Waals surface area (Å²) in [5.74, 6) is 0.306. The van der Waals surface area contributed by atoms with E-state index in [4.69, 9.17) is 0 Å². The number of hydrogen-bond acceptors (Lipinski definition) is 2. The van der Waals surface area contributed by atoms with Crippen molar-refractivity contribution < 1.29 is 4.79 Å². The Bertz CT molecular complexity index is 522. The van der Waals surface area contributed by atoms with Crippen LogP contribution in [0.4, 0.5) is 0 Å². The molecule has 1 aliphatic heterocycles. The Kier molecular flexibility index (Phi) is 4.72. The van der Waals surface area contributed by atoms with Crippen LogP contribution < -0.4 is 5.32 Å². The number of carbonyl (C=O) groups excluding carboxylic acids is 1. The fourth-order valence-electron chi connectivity index (χ4n) is 3.27. The third-order valence-corrected chi connectivity index (χ3v) is 4.50. The summed E-state index contributed by atoms with van der Waals surface area (Å²) in [6.07, 6.45) is 2.11. The minimum absolute atomic E-state index is 0.119. The number of hydrogen-bond donors (Lipinski definition) is 1. The zero-order chi connectivity index (χ0) is 15.6. The molecule has 1 aliphatic rings. The van der Waals surface area contributed by atoms with Gasteiger partial charge in [0.15, 0.2) is 0 Å². The maximum Gasteiger partial charge on any atom is 0.225 e. The van der Waals surface area contributed by atoms with Crippen LogP contribution in [0.15, 0.2) is 18.2 Å². The van der Waals surface area contributed by atoms with E-state index in [0.717, 1.165) is 25.9 Å². The van der Waals surface area contributed by atoms with Gasteiger partial charge in [-0.2, -0.15) is 0 Å². The van der Waals surface area contributed by atoms with Gasteiger partial charge in [0.1, 0.15) is 0 Å². The number of piperidine rings is 1. The summed E-state index contributed by atoms with van der Waals surface area (Å²) >= 11 is 0. The molecule has 1 aromatic carbocycles. The summed E-state index contributed by atoms with van der Waals surface area (Å²) in [5.41, 5.74) is 3.34. The molecular formula is C18H28N2O. The molecule has 0 aromatic heterocycles. The van der Waals surface area contributed by atoms with Crippen LogP contribution >= 0.6 is 0 Å². The smallest absolute Gasteiger partial charge is 0.225 e. The normalized spacial score (nSPS) is 20.3. The van der Waals surface area contributed by atoms with E-state index in [-0.39, 0.29) is 17.4 Å². The van der Waals surface area contributed by atoms with Gasteiger partial charge in [-0.1, -0.05) is 23.8 Å². The Labute approximate surface area is 128 Å². The van der Waals surface area contributed by atoms with Gasteiger partial charge in [0.2, 0.25) is 5.91 Å². The number of nitrogens with one attached hydrogen (secondary N) is 1. The standard InChI is InChI=1S/C18H28N2O/c1-13-8-9-14(2)16(11-13)18(3,4)19-17(21)15-7-6-10-20(5)12-15/h8-9,11,15H,6-7,10,12H2,1-5H3,(H,19,21)/t15-/m0/s1. The minimum atomic E-state index is -0.330. The van der Waals surface area contributed by atoms with Crippen LogP contribution in [-0.4, -0.2) is 30.9 Å². The molecule has 1 saturated heterocycles. The molecule has 3 heteroatoms. The number of benzene rings is 1. The third kappa shape index (κ3) is 3.85. The summed E-state index contributed by atoms with van der Waals surface area (Å²) in [4.78, 5) is 14.8. The molecule has 0 saturated carbocycles. The molecule has 0 bridgehead atoms. The van der Waals surface area contributed by atoms with Crippen LogP contribution in [0.1, 0.15) is 43.4 Å². The van der Waals surface area contributed by atoms with E-state index in [1.807, 2.05) is 0 Å². The highest BCUT2D eigenvalue weighted by molar-refractivity contribution is 5.80. The van der Waals surface area contributed by atoms with E-state index in [0.29, 0.717) is 0 Å². The largest absolute Gasteiger partial charge is 0.347 e. The van der Waals surface area contributed by atoms with Crippen molar-refractivity contribution in [2.24, 2.45) is 5.92 Å². The van der Waals surface area contributed by atoms with Gasteiger partial charge in [-0.15, -0.1) is 0 Å². The van der Waals surface area contributed by atoms with Gasteiger partial charge in [-0.3, -0.25) is 4.79 Å². The second-order valence-electron chi connectivity index (χ2n) is 7.03. The lowest BCUT2D eigenvalue weighted by molar-refractivity contribution is -0.128. The van der Waals surface area contributed by atoms with Crippen molar-refractivity contribution in [1.82, 2.24) is 10.2 Å². The molecule has 3 nitrogen and oxygen atoms in total. The molecule has 1 amide bonds. The SMILES string of the molecule is Cc1ccc(C)c(C(C)(C)NC(=O)[C@H]2CCCN(C)C2)c1. The predicted octanol–water partition coefficient (Wildman–Crippen LogP) is 3.00. The zero-order valence-corrected chi connectivity index (χ0v) is 14.0. The van der Waals surface area contributed by atoms with Crippen molar-refractivity contribution in [2.75, 3.05) is 20.1 Å². The summed E-state index contributed by atoms with van der Waals surface area (Å²) < 4.78 is 0. The van der Waals surface area contributed by atoms with Gasteiger partial charge in [-0.05, 0) is 65.3 Å². The zero-order valence-electron chi connectivity index (χ0n) is 14.0. The van der Waals surface area contributed by atoms with Crippen LogP contribution in [0.2, 0.25) is 0 Å². The molecule has 1 heterocycles. The molecule has 0 spiro atoms. The molecule has 21 heavy (non-hydrogen) atoms. The first kappa shape index (κ1) is 16.0. The van der Waals surface area contributed by atoms with E-state index < -0.39 is 0 Å². The first-order chi connectivity index (χ1) is 9.79. The molecule has 1 aromatic rings. The minimum Gasteiger partial charge on any atom is -0.347 e. The van der Waals surface area contributed by atoms with Gasteiger partial charge >= 0.3 is 0 Å². The van der Waals surface area contributed by atoms with Gasteiger partial charge in [0.05, 0.1) is 11.5 Å². The number of rotatable bonds is 3. The van der Waals surface area contributed by atoms with Crippen LogP contribution in [-0.2, 0) is 10.3 Å². The van der Waals surface area contributed by atoms with Gasteiger partial charge in [-0.25, -0.2) is 0 Å². The summed E-state index contributed by atoms with van der Waals surface area (Å²) in [5, 5.41) is 3.27. The van der Waals surface area contributed by atoms with Crippen LogP contribution in [0, 0.1) is 19.8 Å². The number of amides is 1. The molecule has 1 N–H and O–H groups in total. The Balaban J connectivity index is 2.12. The quantitative estimate of drug-likeness (QED) is 0.927. The molecule has 1 atom stereocenters. The predicted molar refractivity (Wildman–Crippen MR) is 87.3 cm³/mol. The first-order valence-electron chi connectivity index (χ1n) is 7.88. The lowest BCUT2D eigenvalue weighted by atomic mass is 9.87. The van der Waals surface area contributed by atoms with E-state index >= 15 is 0 Å². The second kappa shape index (κ2) is 6.18. The van der Waals surface area contributed by atoms with Crippen LogP contribution in [0.3, 0.4) is 0 Å². The molecule has 0 radical (unpaired) electrons. The van der Waals surface area contributed by atoms with Crippen LogP contribution in [0.5, 0.6) is 0 Å². The Morgan fingerprint density at radius 1 is 1.33 bits per heavy atom. The number of nitrogens with zero attached hydrogens (tertiary/aromatic N) is 1. The summed E-state index contributed by atoms with van der Waals surface area (Å²) in [6, 6.07) is 6.43. The fourth-order valence-corrected chi connectivity index (χ4v) is 3.27. The van der Waals surface area contributed by atoms with Crippen molar-refractivity contribution in [3.63, 3.8) is 0 Å². The lowest BCUT2D eigenvalue weighted by Gasteiger charge is -2.34. The maximum atomic E-state index is 12.6. The van der Waals surface area contributed by atoms with Crippen LogP contribution in [0.25, 0.3) is 0 Å². The summed E-state index contributed by atoms with van der Waals surface area (Å²) in [6.45, 7) is 10.4. The third-order valence-electron chi connectivity index (χ3n) is 4.50. The lowest BCUT2D eigenvalue weighted by Crippen LogP contribution is -2.48. The van der Waals surface area contributed by atoms with E-state index in [2.05, 4.69) is 63.2 Å². The van der Waals surface area contributed by atoms with Crippen molar-refractivity contribution in [2.45, 2.75) is 46.1 Å². The number of aryl methyl sites for hydroxylation is 2. The molecule has 1 fully saturated rings. The highest BCUT2D eigenvalue weighted by atomic mass is 16.2. The van der Waals surface area contributed by atoms with Crippen molar-refractivity contribution >= 4 is 5.91 Å². The second-order valence-corrected chi connectivity index (χ2v) is 7.03. The highest BCUT2D eigenvalue weighted by Crippen LogP contribution is 2.26. The summed E-state index contributed by atoms with van der Waals surface area (Å²) in [7, 11) is 2.09. The molecule has 0 unspecified atom stereocenters. The highest BCUT2D eigenvalue weighted by Gasteiger charge is 2.30. The number of carbonyl (C=O) groups is 1. The number of likely N-dealkylation sites (tertiary alicyclic amines) is 1. The average Bonchev–Trinajstić information content (AvgIpc) is 2.41. The van der Waals surface area contributed by atoms with E-state index in [9.17, 15) is 4.79 Å². The van der Waals surface area contributed by atoms with Crippen molar-refractivity contribution in [3.8, 4) is 0 Å². The molecular weight excluding hydrogens is 260 g/mol. The molecule has 116 valence electrons. The Hall–Kier alpha value is -1.35. The monoisotopic (exact) mass is 288 g/mol. The van der Waals surface area contributed by atoms with Gasteiger partial charge in [0.25, 0.3) is 0 Å². The fraction of sp³-hybridized carbons (Fsp3) is 0.611. The van der Waals surface area contributed by atoms with Crippen molar-refractivity contribution in [3.05, 3.63) is 34.9 Å². The molecule has 2 rings (SSSR count). The topological polar surface area (TPSA) is 32.3 Å². The average molecular weight is 288 g/mol. The van der Waals surface area contributed by atoms with Gasteiger partial charge < -0.3 is 10.2 Å². The van der Waals surface area contributed by atoms with Crippen molar-refractivity contribution in [1.29, 1.82) is 0 Å². The Morgan fingerprint density at radius 2 is 2.05 bits per heavy atom. The van der Waals surface area contributed by atoms with E-state index in [1.165, 1.54) is 16.7 Å². The first-order valence-corrected chi connectivity index (χ1v) is 7.88. The maximum absolute atomic E-state index is 12.6. The van der Waals surface area contributed by atoms with E-state index in [1.54, 1.807) is 0 Å². The Morgan fingerprint density at radius 3 is 2.71 bits per heavy atom.